The molecule has 2 aromatic heterocycles. The first-order chi connectivity index (χ1) is 12.2. The molecule has 0 saturated heterocycles. The van der Waals surface area contributed by atoms with Gasteiger partial charge in [0.25, 0.3) is 5.56 Å². The molecule has 0 atom stereocenters. The summed E-state index contributed by atoms with van der Waals surface area (Å²) < 4.78 is 1.62. The highest BCUT2D eigenvalue weighted by Gasteiger charge is 2.20. The molecular formula is C19H27N3O2S. The SMILES string of the molecule is CCCN(CCC)C(=O)CCn1cnc2sc3c(c2c1=O)CCCC3. The molecule has 0 spiro atoms. The molecule has 0 aliphatic heterocycles. The minimum Gasteiger partial charge on any atom is -0.343 e. The molecule has 0 aromatic carbocycles. The number of rotatable bonds is 7. The topological polar surface area (TPSA) is 55.2 Å². The quantitative estimate of drug-likeness (QED) is 0.760. The molecule has 2 aromatic rings. The molecule has 0 radical (unpaired) electrons. The smallest absolute Gasteiger partial charge is 0.262 e. The third-order valence-electron chi connectivity index (χ3n) is 4.85. The summed E-state index contributed by atoms with van der Waals surface area (Å²) >= 11 is 1.67. The third kappa shape index (κ3) is 3.78. The van der Waals surface area contributed by atoms with E-state index in [4.69, 9.17) is 0 Å². The van der Waals surface area contributed by atoms with Crippen LogP contribution >= 0.6 is 11.3 Å². The molecule has 0 fully saturated rings. The Kier molecular flexibility index (Phi) is 5.89. The van der Waals surface area contributed by atoms with Crippen LogP contribution in [0.4, 0.5) is 0 Å². The summed E-state index contributed by atoms with van der Waals surface area (Å²) in [6, 6.07) is 0. The summed E-state index contributed by atoms with van der Waals surface area (Å²) in [4.78, 5) is 33.9. The molecular weight excluding hydrogens is 334 g/mol. The molecule has 2 heterocycles. The molecule has 1 aliphatic carbocycles. The van der Waals surface area contributed by atoms with E-state index in [0.29, 0.717) is 13.0 Å². The molecule has 0 N–H and O–H groups in total. The predicted molar refractivity (Wildman–Crippen MR) is 102 cm³/mol. The van der Waals surface area contributed by atoms with Gasteiger partial charge < -0.3 is 4.90 Å². The van der Waals surface area contributed by atoms with Crippen molar-refractivity contribution >= 4 is 27.5 Å². The van der Waals surface area contributed by atoms with E-state index in [2.05, 4.69) is 18.8 Å². The fourth-order valence-electron chi connectivity index (χ4n) is 3.62. The molecule has 0 unspecified atom stereocenters. The van der Waals surface area contributed by atoms with Gasteiger partial charge in [-0.1, -0.05) is 13.8 Å². The van der Waals surface area contributed by atoms with Gasteiger partial charge >= 0.3 is 0 Å². The lowest BCUT2D eigenvalue weighted by molar-refractivity contribution is -0.131. The van der Waals surface area contributed by atoms with Crippen molar-refractivity contribution in [2.24, 2.45) is 0 Å². The van der Waals surface area contributed by atoms with Gasteiger partial charge in [-0.05, 0) is 44.1 Å². The lowest BCUT2D eigenvalue weighted by atomic mass is 9.97. The predicted octanol–water partition coefficient (Wildman–Crippen LogP) is 3.38. The first kappa shape index (κ1) is 18.1. The van der Waals surface area contributed by atoms with E-state index in [9.17, 15) is 9.59 Å². The van der Waals surface area contributed by atoms with Crippen molar-refractivity contribution in [3.8, 4) is 0 Å². The van der Waals surface area contributed by atoms with E-state index >= 15 is 0 Å². The monoisotopic (exact) mass is 361 g/mol. The largest absolute Gasteiger partial charge is 0.343 e. The maximum absolute atomic E-state index is 12.9. The van der Waals surface area contributed by atoms with Crippen LogP contribution in [0.5, 0.6) is 0 Å². The zero-order chi connectivity index (χ0) is 17.8. The van der Waals surface area contributed by atoms with Gasteiger partial charge in [0.15, 0.2) is 0 Å². The Bertz CT molecular complexity index is 803. The van der Waals surface area contributed by atoms with Crippen LogP contribution in [0.25, 0.3) is 10.2 Å². The first-order valence-electron chi connectivity index (χ1n) is 9.43. The van der Waals surface area contributed by atoms with Gasteiger partial charge in [0.05, 0.1) is 11.7 Å². The third-order valence-corrected chi connectivity index (χ3v) is 6.05. The molecule has 6 heteroatoms. The van der Waals surface area contributed by atoms with Crippen LogP contribution in [0.15, 0.2) is 11.1 Å². The van der Waals surface area contributed by atoms with Gasteiger partial charge in [-0.15, -0.1) is 11.3 Å². The highest BCUT2D eigenvalue weighted by molar-refractivity contribution is 7.18. The van der Waals surface area contributed by atoms with Crippen molar-refractivity contribution < 1.29 is 4.79 Å². The van der Waals surface area contributed by atoms with E-state index in [1.165, 1.54) is 16.9 Å². The number of thiophene rings is 1. The molecule has 1 aliphatic rings. The van der Waals surface area contributed by atoms with Crippen LogP contribution in [-0.4, -0.2) is 33.4 Å². The standard InChI is InChI=1S/C19H27N3O2S/c1-3-10-21(11-4-2)16(23)9-12-22-13-20-18-17(19(22)24)14-7-5-6-8-15(14)25-18/h13H,3-12H2,1-2H3. The zero-order valence-electron chi connectivity index (χ0n) is 15.2. The Labute approximate surface area is 152 Å². The van der Waals surface area contributed by atoms with Crippen LogP contribution in [-0.2, 0) is 24.2 Å². The van der Waals surface area contributed by atoms with Crippen LogP contribution in [0.1, 0.15) is 56.4 Å². The number of nitrogens with zero attached hydrogens (tertiary/aromatic N) is 3. The Morgan fingerprint density at radius 2 is 1.96 bits per heavy atom. The summed E-state index contributed by atoms with van der Waals surface area (Å²) in [6.07, 6.45) is 8.29. The van der Waals surface area contributed by atoms with E-state index in [1.807, 2.05) is 4.90 Å². The van der Waals surface area contributed by atoms with Crippen LogP contribution < -0.4 is 5.56 Å². The van der Waals surface area contributed by atoms with Gasteiger partial charge in [0.2, 0.25) is 5.91 Å². The van der Waals surface area contributed by atoms with Crippen LogP contribution in [0.3, 0.4) is 0 Å². The van der Waals surface area contributed by atoms with Crippen molar-refractivity contribution in [1.29, 1.82) is 0 Å². The van der Waals surface area contributed by atoms with Crippen LogP contribution in [0.2, 0.25) is 0 Å². The first-order valence-corrected chi connectivity index (χ1v) is 10.2. The Hall–Kier alpha value is -1.69. The van der Waals surface area contributed by atoms with E-state index in [1.54, 1.807) is 22.2 Å². The number of hydrogen-bond donors (Lipinski definition) is 0. The summed E-state index contributed by atoms with van der Waals surface area (Å²) in [5, 5.41) is 0.800. The molecule has 136 valence electrons. The molecule has 0 bridgehead atoms. The second-order valence-electron chi connectivity index (χ2n) is 6.76. The Morgan fingerprint density at radius 1 is 1.24 bits per heavy atom. The minimum absolute atomic E-state index is 0.0229. The second kappa shape index (κ2) is 8.13. The normalized spacial score (nSPS) is 13.8. The maximum Gasteiger partial charge on any atom is 0.262 e. The van der Waals surface area contributed by atoms with E-state index < -0.39 is 0 Å². The van der Waals surface area contributed by atoms with E-state index in [-0.39, 0.29) is 11.5 Å². The maximum atomic E-state index is 12.9. The molecule has 0 saturated carbocycles. The minimum atomic E-state index is 0.0229. The number of hydrogen-bond acceptors (Lipinski definition) is 4. The van der Waals surface area contributed by atoms with Crippen molar-refractivity contribution in [2.45, 2.75) is 65.3 Å². The summed E-state index contributed by atoms with van der Waals surface area (Å²) in [6.45, 7) is 6.15. The lowest BCUT2D eigenvalue weighted by Gasteiger charge is -2.21. The molecule has 25 heavy (non-hydrogen) atoms. The fourth-order valence-corrected chi connectivity index (χ4v) is 4.84. The number of aromatic nitrogens is 2. The molecule has 5 nitrogen and oxygen atoms in total. The lowest BCUT2D eigenvalue weighted by Crippen LogP contribution is -2.34. The van der Waals surface area contributed by atoms with Gasteiger partial charge in [-0.3, -0.25) is 14.2 Å². The average Bonchev–Trinajstić information content (AvgIpc) is 3.00. The Balaban J connectivity index is 1.79. The average molecular weight is 362 g/mol. The molecule has 1 amide bonds. The highest BCUT2D eigenvalue weighted by atomic mass is 32.1. The number of amides is 1. The van der Waals surface area contributed by atoms with E-state index in [0.717, 1.165) is 55.4 Å². The second-order valence-corrected chi connectivity index (χ2v) is 7.85. The number of carbonyl (C=O) groups is 1. The number of carbonyl (C=O) groups excluding carboxylic acids is 1. The fraction of sp³-hybridized carbons (Fsp3) is 0.632. The molecule has 3 rings (SSSR count). The van der Waals surface area contributed by atoms with Gasteiger partial charge in [0, 0.05) is 30.9 Å². The summed E-state index contributed by atoms with van der Waals surface area (Å²) in [5.74, 6) is 0.128. The highest BCUT2D eigenvalue weighted by Crippen LogP contribution is 2.33. The van der Waals surface area contributed by atoms with Crippen molar-refractivity contribution in [1.82, 2.24) is 14.5 Å². The van der Waals surface area contributed by atoms with Gasteiger partial charge in [0.1, 0.15) is 4.83 Å². The van der Waals surface area contributed by atoms with Gasteiger partial charge in [-0.25, -0.2) is 4.98 Å². The van der Waals surface area contributed by atoms with Crippen molar-refractivity contribution in [2.75, 3.05) is 13.1 Å². The summed E-state index contributed by atoms with van der Waals surface area (Å²) in [7, 11) is 0. The Morgan fingerprint density at radius 3 is 2.68 bits per heavy atom. The van der Waals surface area contributed by atoms with Crippen molar-refractivity contribution in [3.05, 3.63) is 27.1 Å². The number of fused-ring (bicyclic) bond motifs is 3. The zero-order valence-corrected chi connectivity index (χ0v) is 16.0. The van der Waals surface area contributed by atoms with Crippen molar-refractivity contribution in [3.63, 3.8) is 0 Å². The van der Waals surface area contributed by atoms with Gasteiger partial charge in [-0.2, -0.15) is 0 Å². The van der Waals surface area contributed by atoms with Crippen LogP contribution in [0, 0.1) is 0 Å². The number of aryl methyl sites for hydroxylation is 3. The summed E-state index contributed by atoms with van der Waals surface area (Å²) in [5.41, 5.74) is 1.23.